The summed E-state index contributed by atoms with van der Waals surface area (Å²) in [6, 6.07) is 3.78. The van der Waals surface area contributed by atoms with Crippen LogP contribution in [0.3, 0.4) is 0 Å². The van der Waals surface area contributed by atoms with Gasteiger partial charge in [0.15, 0.2) is 10.0 Å². The summed E-state index contributed by atoms with van der Waals surface area (Å²) in [6.45, 7) is 1.19. The zero-order valence-electron chi connectivity index (χ0n) is 10.2. The standard InChI is InChI=1S/C9H8F3N2O5S2/c1-6(15)13-7-2-4-8(5-3-7)20(16,17)14-21(18,19)9(10,11)12/h2-5H,1H3,(H,13,15)/q-1. The van der Waals surface area contributed by atoms with E-state index in [-0.39, 0.29) is 5.69 Å². The first-order valence-electron chi connectivity index (χ1n) is 5.03. The number of nitrogens with one attached hydrogen (secondary N) is 1. The van der Waals surface area contributed by atoms with E-state index in [9.17, 15) is 34.8 Å². The molecule has 0 unspecified atom stereocenters. The Hall–Kier alpha value is -1.66. The predicted molar refractivity (Wildman–Crippen MR) is 66.3 cm³/mol. The molecule has 0 aliphatic heterocycles. The number of carbonyl (C=O) groups excluding carboxylic acids is 1. The first kappa shape index (κ1) is 17.4. The molecule has 0 bridgehead atoms. The Morgan fingerprint density at radius 1 is 1.10 bits per heavy atom. The van der Waals surface area contributed by atoms with E-state index in [0.717, 1.165) is 24.3 Å². The molecule has 0 atom stereocenters. The van der Waals surface area contributed by atoms with Crippen LogP contribution in [0.15, 0.2) is 29.2 Å². The summed E-state index contributed by atoms with van der Waals surface area (Å²) in [5.41, 5.74) is -5.63. The predicted octanol–water partition coefficient (Wildman–Crippen LogP) is 1.56. The van der Waals surface area contributed by atoms with Crippen molar-refractivity contribution in [1.29, 1.82) is 0 Å². The molecule has 1 amide bonds. The van der Waals surface area contributed by atoms with Crippen molar-refractivity contribution in [3.05, 3.63) is 28.4 Å². The molecule has 7 nitrogen and oxygen atoms in total. The normalized spacial score (nSPS) is 13.0. The maximum absolute atomic E-state index is 12.1. The van der Waals surface area contributed by atoms with Crippen molar-refractivity contribution < 1.29 is 34.8 Å². The van der Waals surface area contributed by atoms with Crippen LogP contribution >= 0.6 is 0 Å². The van der Waals surface area contributed by atoms with Crippen LogP contribution in [-0.4, -0.2) is 28.3 Å². The van der Waals surface area contributed by atoms with E-state index in [2.05, 4.69) is 5.32 Å². The lowest BCUT2D eigenvalue weighted by Gasteiger charge is -2.22. The second-order valence-electron chi connectivity index (χ2n) is 3.68. The number of carbonyl (C=O) groups is 1. The number of rotatable bonds is 4. The minimum Gasteiger partial charge on any atom is -0.424 e. The lowest BCUT2D eigenvalue weighted by Crippen LogP contribution is -2.24. The quantitative estimate of drug-likeness (QED) is 0.890. The molecule has 0 aromatic heterocycles. The monoisotopic (exact) mass is 345 g/mol. The van der Waals surface area contributed by atoms with E-state index in [1.165, 1.54) is 6.92 Å². The second-order valence-corrected chi connectivity index (χ2v) is 7.11. The molecule has 21 heavy (non-hydrogen) atoms. The molecule has 1 aromatic carbocycles. The van der Waals surface area contributed by atoms with Gasteiger partial charge in [-0.1, -0.05) is 0 Å². The molecule has 0 saturated carbocycles. The van der Waals surface area contributed by atoms with Gasteiger partial charge >= 0.3 is 5.51 Å². The number of amides is 1. The van der Waals surface area contributed by atoms with Gasteiger partial charge in [0.05, 0.1) is 0 Å². The number of anilines is 1. The summed E-state index contributed by atoms with van der Waals surface area (Å²) in [4.78, 5) is 9.98. The molecule has 118 valence electrons. The molecule has 0 aliphatic carbocycles. The molecule has 0 heterocycles. The summed E-state index contributed by atoms with van der Waals surface area (Å²) < 4.78 is 82.6. The molecule has 0 aliphatic rings. The van der Waals surface area contributed by atoms with Crippen molar-refractivity contribution in [1.82, 2.24) is 0 Å². The SMILES string of the molecule is CC(=O)Nc1ccc(S(=O)(=O)[N-]S(=O)(=O)C(F)(F)F)cc1. The molecule has 1 N–H and O–H groups in total. The van der Waals surface area contributed by atoms with Crippen molar-refractivity contribution in [3.8, 4) is 0 Å². The fourth-order valence-electron chi connectivity index (χ4n) is 1.13. The van der Waals surface area contributed by atoms with E-state index >= 15 is 0 Å². The van der Waals surface area contributed by atoms with Crippen LogP contribution in [0.5, 0.6) is 0 Å². The van der Waals surface area contributed by atoms with Gasteiger partial charge < -0.3 is 9.44 Å². The van der Waals surface area contributed by atoms with Crippen molar-refractivity contribution in [2.24, 2.45) is 0 Å². The number of benzene rings is 1. The van der Waals surface area contributed by atoms with Crippen LogP contribution in [-0.2, 0) is 24.8 Å². The van der Waals surface area contributed by atoms with Crippen molar-refractivity contribution in [3.63, 3.8) is 0 Å². The van der Waals surface area contributed by atoms with Gasteiger partial charge in [-0.15, -0.1) is 0 Å². The Balaban J connectivity index is 3.07. The maximum atomic E-state index is 12.1. The van der Waals surface area contributed by atoms with Gasteiger partial charge in [-0.3, -0.25) is 4.79 Å². The summed E-state index contributed by atoms with van der Waals surface area (Å²) in [5, 5.41) is 2.29. The van der Waals surface area contributed by atoms with Crippen molar-refractivity contribution >= 4 is 31.6 Å². The van der Waals surface area contributed by atoms with Crippen LogP contribution < -0.4 is 5.32 Å². The molecule has 0 saturated heterocycles. The highest BCUT2D eigenvalue weighted by Gasteiger charge is 2.40. The molecule has 0 fully saturated rings. The number of sulfonamides is 2. The minimum absolute atomic E-state index is 0.181. The Morgan fingerprint density at radius 2 is 1.57 bits per heavy atom. The molecule has 0 spiro atoms. The first-order valence-corrected chi connectivity index (χ1v) is 7.91. The summed E-state index contributed by atoms with van der Waals surface area (Å²) >= 11 is 0. The highest BCUT2D eigenvalue weighted by atomic mass is 32.3. The van der Waals surface area contributed by atoms with Crippen LogP contribution in [0.4, 0.5) is 18.9 Å². The Bertz CT molecular complexity index is 739. The van der Waals surface area contributed by atoms with E-state index in [0.29, 0.717) is 0 Å². The van der Waals surface area contributed by atoms with Crippen LogP contribution in [0.25, 0.3) is 4.13 Å². The maximum Gasteiger partial charge on any atom is 0.480 e. The first-order chi connectivity index (χ1) is 9.35. The Morgan fingerprint density at radius 3 is 1.95 bits per heavy atom. The van der Waals surface area contributed by atoms with Crippen molar-refractivity contribution in [2.75, 3.05) is 5.32 Å². The molecule has 1 rings (SSSR count). The third kappa shape index (κ3) is 4.41. The largest absolute Gasteiger partial charge is 0.480 e. The summed E-state index contributed by atoms with van der Waals surface area (Å²) in [7, 11) is -11.2. The van der Waals surface area contributed by atoms with Gasteiger partial charge in [0.25, 0.3) is 0 Å². The summed E-state index contributed by atoms with van der Waals surface area (Å²) in [5.74, 6) is -0.449. The third-order valence-corrected chi connectivity index (χ3v) is 4.98. The average molecular weight is 345 g/mol. The zero-order chi connectivity index (χ0) is 16.5. The number of hydrogen-bond acceptors (Lipinski definition) is 5. The van der Waals surface area contributed by atoms with Gasteiger partial charge in [0.2, 0.25) is 5.91 Å². The fourth-order valence-corrected chi connectivity index (χ4v) is 3.32. The van der Waals surface area contributed by atoms with Gasteiger partial charge in [-0.2, -0.15) is 13.2 Å². The highest BCUT2D eigenvalue weighted by Crippen LogP contribution is 2.32. The number of halogens is 3. The van der Waals surface area contributed by atoms with Gasteiger partial charge in [-0.25, -0.2) is 16.8 Å². The van der Waals surface area contributed by atoms with Crippen LogP contribution in [0, 0.1) is 0 Å². The van der Waals surface area contributed by atoms with Gasteiger partial charge in [0, 0.05) is 17.5 Å². The number of nitrogens with zero attached hydrogens (tertiary/aromatic N) is 1. The minimum atomic E-state index is -6.17. The fraction of sp³-hybridized carbons (Fsp3) is 0.222. The van der Waals surface area contributed by atoms with E-state index in [1.807, 2.05) is 4.13 Å². The molecular formula is C9H8F3N2O5S2-. The number of hydrogen-bond donors (Lipinski definition) is 1. The molecule has 0 radical (unpaired) electrons. The lowest BCUT2D eigenvalue weighted by atomic mass is 10.3. The Kier molecular flexibility index (Phi) is 4.65. The van der Waals surface area contributed by atoms with Crippen LogP contribution in [0.1, 0.15) is 6.92 Å². The van der Waals surface area contributed by atoms with E-state index < -0.39 is 36.4 Å². The topological polar surface area (TPSA) is 111 Å². The molecule has 12 heteroatoms. The van der Waals surface area contributed by atoms with Gasteiger partial charge in [-0.05, 0) is 24.3 Å². The van der Waals surface area contributed by atoms with Gasteiger partial charge in [0.1, 0.15) is 10.0 Å². The van der Waals surface area contributed by atoms with E-state index in [4.69, 9.17) is 0 Å². The highest BCUT2D eigenvalue weighted by molar-refractivity contribution is 8.12. The average Bonchev–Trinajstić information content (AvgIpc) is 2.25. The molecule has 1 aromatic rings. The number of alkyl halides is 3. The zero-order valence-corrected chi connectivity index (χ0v) is 11.9. The second kappa shape index (κ2) is 5.61. The molecular weight excluding hydrogens is 337 g/mol. The van der Waals surface area contributed by atoms with Crippen molar-refractivity contribution in [2.45, 2.75) is 17.3 Å². The van der Waals surface area contributed by atoms with E-state index in [1.54, 1.807) is 0 Å². The lowest BCUT2D eigenvalue weighted by molar-refractivity contribution is -0.114. The third-order valence-electron chi connectivity index (χ3n) is 1.96. The smallest absolute Gasteiger partial charge is 0.424 e. The Labute approximate surface area is 118 Å². The van der Waals surface area contributed by atoms with Crippen LogP contribution in [0.2, 0.25) is 0 Å². The summed E-state index contributed by atoms with van der Waals surface area (Å²) in [6.07, 6.45) is 0.